The van der Waals surface area contributed by atoms with Gasteiger partial charge in [-0.05, 0) is 30.2 Å². The molecule has 1 aromatic carbocycles. The average molecular weight is 260 g/mol. The number of nitrogens with zero attached hydrogens (tertiary/aromatic N) is 1. The van der Waals surface area contributed by atoms with E-state index < -0.39 is 11.9 Å². The van der Waals surface area contributed by atoms with Crippen LogP contribution in [0.25, 0.3) is 0 Å². The number of rotatable bonds is 4. The van der Waals surface area contributed by atoms with Crippen molar-refractivity contribution in [1.82, 2.24) is 0 Å². The molecule has 5 heteroatoms. The van der Waals surface area contributed by atoms with Crippen LogP contribution in [0, 0.1) is 23.2 Å². The summed E-state index contributed by atoms with van der Waals surface area (Å²) in [5, 5.41) is 11.6. The molecule has 0 heterocycles. The lowest BCUT2D eigenvalue weighted by atomic mass is 9.96. The van der Waals surface area contributed by atoms with Gasteiger partial charge >= 0.3 is 5.97 Å². The molecule has 0 radical (unpaired) electrons. The van der Waals surface area contributed by atoms with Crippen LogP contribution in [0.2, 0.25) is 0 Å². The van der Waals surface area contributed by atoms with Gasteiger partial charge in [-0.1, -0.05) is 13.8 Å². The fraction of sp³-hybridized carbons (Fsp3) is 0.357. The lowest BCUT2D eigenvalue weighted by Gasteiger charge is -2.13. The monoisotopic (exact) mass is 260 g/mol. The topological polar surface area (TPSA) is 79.2 Å². The first-order valence-electron chi connectivity index (χ1n) is 5.88. The largest absolute Gasteiger partial charge is 0.465 e. The molecular weight excluding hydrogens is 244 g/mol. The summed E-state index contributed by atoms with van der Waals surface area (Å²) in [5.74, 6) is -1.53. The van der Waals surface area contributed by atoms with Crippen molar-refractivity contribution in [3.8, 4) is 6.07 Å². The fourth-order valence-corrected chi connectivity index (χ4v) is 1.54. The van der Waals surface area contributed by atoms with Gasteiger partial charge in [0.15, 0.2) is 0 Å². The molecule has 100 valence electrons. The Morgan fingerprint density at radius 3 is 2.26 bits per heavy atom. The number of hydrogen-bond acceptors (Lipinski definition) is 4. The Hall–Kier alpha value is -2.35. The molecule has 0 spiro atoms. The van der Waals surface area contributed by atoms with Gasteiger partial charge < -0.3 is 10.1 Å². The van der Waals surface area contributed by atoms with Gasteiger partial charge in [0.2, 0.25) is 5.91 Å². The predicted octanol–water partition coefficient (Wildman–Crippen LogP) is 2.21. The summed E-state index contributed by atoms with van der Waals surface area (Å²) in [5.41, 5.74) is 0.944. The van der Waals surface area contributed by atoms with E-state index in [9.17, 15) is 9.59 Å². The van der Waals surface area contributed by atoms with Crippen molar-refractivity contribution in [2.24, 2.45) is 11.8 Å². The number of anilines is 1. The second kappa shape index (κ2) is 6.55. The van der Waals surface area contributed by atoms with Gasteiger partial charge in [-0.15, -0.1) is 0 Å². The van der Waals surface area contributed by atoms with E-state index in [1.54, 1.807) is 24.3 Å². The molecule has 0 aliphatic rings. The maximum atomic E-state index is 11.8. The van der Waals surface area contributed by atoms with Crippen LogP contribution in [-0.2, 0) is 9.53 Å². The Morgan fingerprint density at radius 1 is 1.26 bits per heavy atom. The minimum Gasteiger partial charge on any atom is -0.465 e. The Bertz CT molecular complexity index is 500. The van der Waals surface area contributed by atoms with Gasteiger partial charge in [0.05, 0.1) is 18.7 Å². The maximum absolute atomic E-state index is 11.8. The SMILES string of the molecule is COC(=O)c1ccc(NC(=O)C(C#N)C(C)C)cc1. The van der Waals surface area contributed by atoms with Crippen molar-refractivity contribution in [3.05, 3.63) is 29.8 Å². The Balaban J connectivity index is 2.76. The number of hydrogen-bond donors (Lipinski definition) is 1. The predicted molar refractivity (Wildman–Crippen MR) is 70.4 cm³/mol. The Kier molecular flexibility index (Phi) is 5.07. The van der Waals surface area contributed by atoms with Crippen LogP contribution in [0.15, 0.2) is 24.3 Å². The molecule has 1 rings (SSSR count). The minimum atomic E-state index is -0.694. The minimum absolute atomic E-state index is 0.0562. The Labute approximate surface area is 112 Å². The summed E-state index contributed by atoms with van der Waals surface area (Å²) in [7, 11) is 1.30. The molecule has 1 N–H and O–H groups in total. The van der Waals surface area contributed by atoms with Crippen molar-refractivity contribution >= 4 is 17.6 Å². The molecule has 0 aromatic heterocycles. The summed E-state index contributed by atoms with van der Waals surface area (Å²) >= 11 is 0. The number of methoxy groups -OCH3 is 1. The second-order valence-corrected chi connectivity index (χ2v) is 4.41. The van der Waals surface area contributed by atoms with Crippen LogP contribution in [0.3, 0.4) is 0 Å². The summed E-state index contributed by atoms with van der Waals surface area (Å²) in [6.45, 7) is 3.63. The molecule has 1 amide bonds. The van der Waals surface area contributed by atoms with Crippen molar-refractivity contribution in [2.45, 2.75) is 13.8 Å². The smallest absolute Gasteiger partial charge is 0.337 e. The first kappa shape index (κ1) is 14.7. The highest BCUT2D eigenvalue weighted by Crippen LogP contribution is 2.15. The molecule has 1 unspecified atom stereocenters. The quantitative estimate of drug-likeness (QED) is 0.842. The number of ether oxygens (including phenoxy) is 1. The van der Waals surface area contributed by atoms with Crippen LogP contribution in [0.5, 0.6) is 0 Å². The van der Waals surface area contributed by atoms with Gasteiger partial charge in [-0.25, -0.2) is 4.79 Å². The molecule has 0 aliphatic heterocycles. The number of esters is 1. The molecule has 0 saturated carbocycles. The van der Waals surface area contributed by atoms with Gasteiger partial charge in [0.25, 0.3) is 0 Å². The summed E-state index contributed by atoms with van der Waals surface area (Å²) < 4.78 is 4.57. The number of nitriles is 1. The molecular formula is C14H16N2O3. The lowest BCUT2D eigenvalue weighted by Crippen LogP contribution is -2.25. The van der Waals surface area contributed by atoms with E-state index in [1.165, 1.54) is 7.11 Å². The van der Waals surface area contributed by atoms with Crippen molar-refractivity contribution in [2.75, 3.05) is 12.4 Å². The van der Waals surface area contributed by atoms with E-state index in [0.717, 1.165) is 0 Å². The van der Waals surface area contributed by atoms with Crippen molar-refractivity contribution < 1.29 is 14.3 Å². The van der Waals surface area contributed by atoms with E-state index in [1.807, 2.05) is 19.9 Å². The maximum Gasteiger partial charge on any atom is 0.337 e. The molecule has 1 atom stereocenters. The van der Waals surface area contributed by atoms with Crippen LogP contribution >= 0.6 is 0 Å². The van der Waals surface area contributed by atoms with Crippen LogP contribution < -0.4 is 5.32 Å². The number of carbonyl (C=O) groups is 2. The number of amides is 1. The molecule has 0 saturated heterocycles. The number of carbonyl (C=O) groups excluding carboxylic acids is 2. The van der Waals surface area contributed by atoms with E-state index >= 15 is 0 Å². The summed E-state index contributed by atoms with van der Waals surface area (Å²) in [6.07, 6.45) is 0. The van der Waals surface area contributed by atoms with Gasteiger partial charge in [-0.2, -0.15) is 5.26 Å². The van der Waals surface area contributed by atoms with E-state index in [0.29, 0.717) is 11.3 Å². The highest BCUT2D eigenvalue weighted by atomic mass is 16.5. The third-order valence-electron chi connectivity index (χ3n) is 2.66. The number of benzene rings is 1. The molecule has 0 fully saturated rings. The third-order valence-corrected chi connectivity index (χ3v) is 2.66. The molecule has 0 aliphatic carbocycles. The van der Waals surface area contributed by atoms with Crippen molar-refractivity contribution in [3.63, 3.8) is 0 Å². The van der Waals surface area contributed by atoms with Gasteiger partial charge in [0.1, 0.15) is 5.92 Å². The first-order valence-corrected chi connectivity index (χ1v) is 5.88. The van der Waals surface area contributed by atoms with E-state index in [-0.39, 0.29) is 11.8 Å². The van der Waals surface area contributed by atoms with Gasteiger partial charge in [-0.3, -0.25) is 4.79 Å². The first-order chi connectivity index (χ1) is 8.99. The van der Waals surface area contributed by atoms with E-state index in [2.05, 4.69) is 10.1 Å². The fourth-order valence-electron chi connectivity index (χ4n) is 1.54. The summed E-state index contributed by atoms with van der Waals surface area (Å²) in [4.78, 5) is 23.1. The van der Waals surface area contributed by atoms with Crippen LogP contribution in [0.4, 0.5) is 5.69 Å². The second-order valence-electron chi connectivity index (χ2n) is 4.41. The molecule has 5 nitrogen and oxygen atoms in total. The highest BCUT2D eigenvalue weighted by Gasteiger charge is 2.21. The average Bonchev–Trinajstić information content (AvgIpc) is 2.39. The van der Waals surface area contributed by atoms with Crippen molar-refractivity contribution in [1.29, 1.82) is 5.26 Å². The molecule has 19 heavy (non-hydrogen) atoms. The van der Waals surface area contributed by atoms with E-state index in [4.69, 9.17) is 5.26 Å². The summed E-state index contributed by atoms with van der Waals surface area (Å²) in [6, 6.07) is 8.27. The normalized spacial score (nSPS) is 11.5. The highest BCUT2D eigenvalue weighted by molar-refractivity contribution is 5.95. The molecule has 0 bridgehead atoms. The lowest BCUT2D eigenvalue weighted by molar-refractivity contribution is -0.119. The van der Waals surface area contributed by atoms with Gasteiger partial charge in [0, 0.05) is 5.69 Å². The zero-order valence-electron chi connectivity index (χ0n) is 11.1. The van der Waals surface area contributed by atoms with Crippen LogP contribution in [-0.4, -0.2) is 19.0 Å². The number of nitrogens with one attached hydrogen (secondary N) is 1. The standard InChI is InChI=1S/C14H16N2O3/c1-9(2)12(8-15)13(17)16-11-6-4-10(5-7-11)14(18)19-3/h4-7,9,12H,1-3H3,(H,16,17). The third kappa shape index (κ3) is 3.81. The zero-order chi connectivity index (χ0) is 14.4. The van der Waals surface area contributed by atoms with Crippen LogP contribution in [0.1, 0.15) is 24.2 Å². The Morgan fingerprint density at radius 2 is 1.84 bits per heavy atom. The molecule has 1 aromatic rings. The zero-order valence-corrected chi connectivity index (χ0v) is 11.1.